The second-order valence-electron chi connectivity index (χ2n) is 7.11. The Morgan fingerprint density at radius 3 is 1.77 bits per heavy atom. The van der Waals surface area contributed by atoms with Crippen molar-refractivity contribution in [3.05, 3.63) is 51.0 Å². The number of anilines is 1. The zero-order valence-electron chi connectivity index (χ0n) is 17.3. The van der Waals surface area contributed by atoms with Crippen molar-refractivity contribution < 1.29 is 0 Å². The summed E-state index contributed by atoms with van der Waals surface area (Å²) in [4.78, 5) is 9.86. The van der Waals surface area contributed by atoms with Crippen LogP contribution < -0.4 is 10.2 Å². The lowest BCUT2D eigenvalue weighted by atomic mass is 10.1. The molecule has 9 heteroatoms. The monoisotopic (exact) mass is 478 g/mol. The van der Waals surface area contributed by atoms with Crippen LogP contribution >= 0.6 is 34.8 Å². The van der Waals surface area contributed by atoms with Gasteiger partial charge >= 0.3 is 0 Å². The van der Waals surface area contributed by atoms with Gasteiger partial charge in [-0.15, -0.1) is 0 Å². The molecule has 0 amide bonds. The van der Waals surface area contributed by atoms with Crippen LogP contribution in [-0.4, -0.2) is 36.1 Å². The molecule has 2 fully saturated rings. The summed E-state index contributed by atoms with van der Waals surface area (Å²) < 4.78 is 0. The Balaban J connectivity index is 0.000000183. The molecule has 0 spiro atoms. The summed E-state index contributed by atoms with van der Waals surface area (Å²) in [6.07, 6.45) is 7.93. The summed E-state index contributed by atoms with van der Waals surface area (Å²) in [6.45, 7) is 4.59. The number of hydrogen-bond donors (Lipinski definition) is 1. The van der Waals surface area contributed by atoms with Crippen molar-refractivity contribution in [2.45, 2.75) is 38.5 Å². The predicted octanol–water partition coefficient (Wildman–Crippen LogP) is 5.62. The highest BCUT2D eigenvalue weighted by Gasteiger charge is 2.12. The van der Waals surface area contributed by atoms with Crippen molar-refractivity contribution in [2.75, 3.05) is 31.1 Å². The molecule has 0 unspecified atom stereocenters. The second-order valence-corrected chi connectivity index (χ2v) is 8.32. The lowest BCUT2D eigenvalue weighted by Gasteiger charge is -2.28. The molecule has 4 rings (SSSR count). The molecular formula is C22H25Cl3N6. The van der Waals surface area contributed by atoms with Crippen molar-refractivity contribution in [3.63, 3.8) is 0 Å². The van der Waals surface area contributed by atoms with E-state index in [1.54, 1.807) is 6.07 Å². The first-order chi connectivity index (χ1) is 15.0. The first-order valence-electron chi connectivity index (χ1n) is 10.3. The summed E-state index contributed by atoms with van der Waals surface area (Å²) in [5, 5.41) is 21.5. The minimum absolute atomic E-state index is 0.234. The molecule has 2 saturated heterocycles. The van der Waals surface area contributed by atoms with Crippen molar-refractivity contribution in [1.29, 1.82) is 10.5 Å². The van der Waals surface area contributed by atoms with Crippen LogP contribution in [0.2, 0.25) is 15.3 Å². The third kappa shape index (κ3) is 9.72. The van der Waals surface area contributed by atoms with Gasteiger partial charge in [-0.1, -0.05) is 41.2 Å². The summed E-state index contributed by atoms with van der Waals surface area (Å²) >= 11 is 16.9. The van der Waals surface area contributed by atoms with Gasteiger partial charge in [-0.25, -0.2) is 9.97 Å². The summed E-state index contributed by atoms with van der Waals surface area (Å²) in [5.41, 5.74) is 1.65. The van der Waals surface area contributed by atoms with E-state index in [9.17, 15) is 0 Å². The molecule has 6 nitrogen and oxygen atoms in total. The van der Waals surface area contributed by atoms with Crippen molar-refractivity contribution in [3.8, 4) is 12.1 Å². The van der Waals surface area contributed by atoms with E-state index in [4.69, 9.17) is 45.3 Å². The normalized spacial score (nSPS) is 15.3. The van der Waals surface area contributed by atoms with Crippen molar-refractivity contribution in [2.24, 2.45) is 0 Å². The third-order valence-electron chi connectivity index (χ3n) is 4.70. The van der Waals surface area contributed by atoms with E-state index in [-0.39, 0.29) is 10.8 Å². The number of piperidine rings is 2. The number of nitriles is 2. The Morgan fingerprint density at radius 2 is 1.29 bits per heavy atom. The zero-order valence-corrected chi connectivity index (χ0v) is 19.5. The van der Waals surface area contributed by atoms with Crippen molar-refractivity contribution >= 4 is 40.5 Å². The molecule has 2 aliphatic heterocycles. The van der Waals surface area contributed by atoms with Crippen LogP contribution in [0.15, 0.2) is 24.3 Å². The third-order valence-corrected chi connectivity index (χ3v) is 5.30. The van der Waals surface area contributed by atoms with E-state index < -0.39 is 0 Å². The SMILES string of the molecule is C1CCNCC1.N#Cc1cc(Cl)cc(Cl)n1.N#Cc1cc(N2CCCCC2)cc(Cl)n1. The molecule has 0 saturated carbocycles. The maximum atomic E-state index is 8.80. The van der Waals surface area contributed by atoms with E-state index in [1.165, 1.54) is 63.7 Å². The summed E-state index contributed by atoms with van der Waals surface area (Å²) in [5.74, 6) is 0. The Morgan fingerprint density at radius 1 is 0.742 bits per heavy atom. The largest absolute Gasteiger partial charge is 0.371 e. The standard InChI is InChI=1S/C11H12ClN3.C6H2Cl2N2.C5H11N/c12-11-7-10(6-9(8-13)14-11)15-4-2-1-3-5-15;7-4-1-5(3-9)10-6(8)2-4;1-2-4-6-5-3-1/h6-7H,1-5H2;1-2H;6H,1-5H2. The number of nitrogens with one attached hydrogen (secondary N) is 1. The van der Waals surface area contributed by atoms with E-state index in [2.05, 4.69) is 20.2 Å². The minimum Gasteiger partial charge on any atom is -0.371 e. The molecule has 0 atom stereocenters. The minimum atomic E-state index is 0.234. The van der Waals surface area contributed by atoms with Crippen molar-refractivity contribution in [1.82, 2.24) is 15.3 Å². The molecular weight excluding hydrogens is 455 g/mol. The van der Waals surface area contributed by atoms with E-state index in [1.807, 2.05) is 18.2 Å². The predicted molar refractivity (Wildman–Crippen MR) is 126 cm³/mol. The van der Waals surface area contributed by atoms with Crippen LogP contribution in [0, 0.1) is 22.7 Å². The first-order valence-corrected chi connectivity index (χ1v) is 11.4. The van der Waals surface area contributed by atoms with E-state index in [0.717, 1.165) is 18.8 Å². The molecule has 1 N–H and O–H groups in total. The number of halogens is 3. The van der Waals surface area contributed by atoms with Crippen LogP contribution in [0.25, 0.3) is 0 Å². The molecule has 0 radical (unpaired) electrons. The Hall–Kier alpha value is -2.09. The molecule has 0 aromatic carbocycles. The highest BCUT2D eigenvalue weighted by atomic mass is 35.5. The summed E-state index contributed by atoms with van der Waals surface area (Å²) in [7, 11) is 0. The lowest BCUT2D eigenvalue weighted by Crippen LogP contribution is -2.29. The number of pyridine rings is 2. The fourth-order valence-corrected chi connectivity index (χ4v) is 3.87. The van der Waals surface area contributed by atoms with Crippen LogP contribution in [0.1, 0.15) is 49.9 Å². The van der Waals surface area contributed by atoms with E-state index in [0.29, 0.717) is 15.9 Å². The maximum absolute atomic E-state index is 8.80. The average molecular weight is 480 g/mol. The smallest absolute Gasteiger partial charge is 0.144 e. The molecule has 2 aliphatic rings. The van der Waals surface area contributed by atoms with E-state index >= 15 is 0 Å². The van der Waals surface area contributed by atoms with Crippen LogP contribution in [0.4, 0.5) is 5.69 Å². The molecule has 2 aromatic rings. The Bertz CT molecular complexity index is 881. The van der Waals surface area contributed by atoms with Crippen LogP contribution in [0.5, 0.6) is 0 Å². The van der Waals surface area contributed by atoms with Gasteiger partial charge in [-0.3, -0.25) is 0 Å². The fraction of sp³-hybridized carbons (Fsp3) is 0.455. The highest BCUT2D eigenvalue weighted by Crippen LogP contribution is 2.23. The Labute approximate surface area is 198 Å². The van der Waals surface area contributed by atoms with Gasteiger partial charge in [0, 0.05) is 23.8 Å². The van der Waals surface area contributed by atoms with Crippen LogP contribution in [0.3, 0.4) is 0 Å². The molecule has 164 valence electrons. The van der Waals surface area contributed by atoms with Gasteiger partial charge in [0.05, 0.1) is 0 Å². The quantitative estimate of drug-likeness (QED) is 0.534. The van der Waals surface area contributed by atoms with Gasteiger partial charge in [0.2, 0.25) is 0 Å². The van der Waals surface area contributed by atoms with Gasteiger partial charge in [-0.2, -0.15) is 10.5 Å². The molecule has 31 heavy (non-hydrogen) atoms. The van der Waals surface area contributed by atoms with Gasteiger partial charge in [0.15, 0.2) is 0 Å². The molecule has 2 aromatic heterocycles. The number of hydrogen-bond acceptors (Lipinski definition) is 6. The van der Waals surface area contributed by atoms with Gasteiger partial charge in [-0.05, 0) is 69.5 Å². The number of aromatic nitrogens is 2. The maximum Gasteiger partial charge on any atom is 0.144 e. The topological polar surface area (TPSA) is 88.6 Å². The number of rotatable bonds is 1. The highest BCUT2D eigenvalue weighted by molar-refractivity contribution is 6.34. The average Bonchev–Trinajstić information content (AvgIpc) is 2.80. The molecule has 4 heterocycles. The molecule has 0 bridgehead atoms. The fourth-order valence-electron chi connectivity index (χ4n) is 3.20. The second kappa shape index (κ2) is 14.1. The lowest BCUT2D eigenvalue weighted by molar-refractivity contribution is 0.520. The first kappa shape index (κ1) is 25.2. The van der Waals surface area contributed by atoms with Gasteiger partial charge < -0.3 is 10.2 Å². The van der Waals surface area contributed by atoms with Gasteiger partial charge in [0.25, 0.3) is 0 Å². The Kier molecular flexibility index (Phi) is 11.4. The number of nitrogens with zero attached hydrogens (tertiary/aromatic N) is 5. The van der Waals surface area contributed by atoms with Gasteiger partial charge in [0.1, 0.15) is 33.8 Å². The summed E-state index contributed by atoms with van der Waals surface area (Å²) in [6, 6.07) is 10.4. The zero-order chi connectivity index (χ0) is 22.5. The van der Waals surface area contributed by atoms with Crippen LogP contribution in [-0.2, 0) is 0 Å². The molecule has 0 aliphatic carbocycles.